The number of thioether (sulfide) groups is 1. The SMILES string of the molecule is COc1ccc(Cl)cc1NC1NC(=O)/C(=C/c2ccc(-c3cc(Cl)ccc3Cl)o2)S1. The Kier molecular flexibility index (Phi) is 6.20. The molecule has 3 aromatic rings. The van der Waals surface area contributed by atoms with E-state index in [0.29, 0.717) is 48.5 Å². The van der Waals surface area contributed by atoms with Gasteiger partial charge in [-0.3, -0.25) is 4.79 Å². The van der Waals surface area contributed by atoms with Gasteiger partial charge in [0.05, 0.1) is 22.7 Å². The lowest BCUT2D eigenvalue weighted by atomic mass is 10.2. The van der Waals surface area contributed by atoms with E-state index in [0.717, 1.165) is 0 Å². The molecule has 0 spiro atoms. The fourth-order valence-corrected chi connectivity index (χ4v) is 4.40. The molecule has 1 amide bonds. The minimum atomic E-state index is -0.382. The van der Waals surface area contributed by atoms with Gasteiger partial charge in [0.25, 0.3) is 5.91 Å². The zero-order valence-corrected chi connectivity index (χ0v) is 18.6. The van der Waals surface area contributed by atoms with E-state index in [9.17, 15) is 4.79 Å². The molecule has 5 nitrogen and oxygen atoms in total. The summed E-state index contributed by atoms with van der Waals surface area (Å²) in [6.07, 6.45) is 1.68. The van der Waals surface area contributed by atoms with Gasteiger partial charge in [0.15, 0.2) is 5.50 Å². The maximum atomic E-state index is 12.4. The highest BCUT2D eigenvalue weighted by molar-refractivity contribution is 8.05. The number of furan rings is 1. The highest BCUT2D eigenvalue weighted by Crippen LogP contribution is 2.36. The predicted molar refractivity (Wildman–Crippen MR) is 123 cm³/mol. The number of hydrogen-bond acceptors (Lipinski definition) is 5. The third-order valence-corrected chi connectivity index (χ3v) is 6.10. The molecule has 1 unspecified atom stereocenters. The van der Waals surface area contributed by atoms with Gasteiger partial charge in [0, 0.05) is 21.7 Å². The summed E-state index contributed by atoms with van der Waals surface area (Å²) in [5.41, 5.74) is 0.984. The predicted octanol–water partition coefficient (Wildman–Crippen LogP) is 6.52. The molecular weight excluding hydrogens is 467 g/mol. The molecule has 0 bridgehead atoms. The molecule has 2 heterocycles. The van der Waals surface area contributed by atoms with E-state index >= 15 is 0 Å². The summed E-state index contributed by atoms with van der Waals surface area (Å²) in [5, 5.41) is 7.72. The van der Waals surface area contributed by atoms with Crippen LogP contribution in [0.15, 0.2) is 57.9 Å². The molecule has 2 N–H and O–H groups in total. The van der Waals surface area contributed by atoms with Crippen molar-refractivity contribution >= 4 is 64.2 Å². The Labute approximate surface area is 192 Å². The van der Waals surface area contributed by atoms with E-state index in [1.165, 1.54) is 11.8 Å². The van der Waals surface area contributed by atoms with Crippen LogP contribution in [0.1, 0.15) is 5.76 Å². The lowest BCUT2D eigenvalue weighted by Crippen LogP contribution is -2.31. The number of benzene rings is 2. The smallest absolute Gasteiger partial charge is 0.260 e. The normalized spacial score (nSPS) is 17.3. The molecule has 1 fully saturated rings. The summed E-state index contributed by atoms with van der Waals surface area (Å²) in [7, 11) is 1.57. The largest absolute Gasteiger partial charge is 0.495 e. The minimum absolute atomic E-state index is 0.211. The van der Waals surface area contributed by atoms with Crippen molar-refractivity contribution in [1.29, 1.82) is 0 Å². The number of ether oxygens (including phenoxy) is 1. The van der Waals surface area contributed by atoms with Crippen molar-refractivity contribution in [2.45, 2.75) is 5.50 Å². The maximum absolute atomic E-state index is 12.4. The van der Waals surface area contributed by atoms with Crippen LogP contribution in [0.2, 0.25) is 15.1 Å². The van der Waals surface area contributed by atoms with Crippen molar-refractivity contribution in [1.82, 2.24) is 5.32 Å². The standard InChI is InChI=1S/C21H15Cl3N2O3S/c1-28-18-6-3-12(23)9-16(18)25-21-26-20(27)19(30-21)10-13-4-7-17(29-13)14-8-11(22)2-5-15(14)24/h2-10,21,25H,1H3,(H,26,27)/b19-10-. The third-order valence-electron chi connectivity index (χ3n) is 4.27. The Balaban J connectivity index is 1.52. The molecule has 1 aliphatic heterocycles. The fourth-order valence-electron chi connectivity index (χ4n) is 2.89. The average molecular weight is 482 g/mol. The van der Waals surface area contributed by atoms with E-state index < -0.39 is 0 Å². The van der Waals surface area contributed by atoms with E-state index in [1.54, 1.807) is 61.7 Å². The van der Waals surface area contributed by atoms with Gasteiger partial charge in [-0.1, -0.05) is 46.6 Å². The van der Waals surface area contributed by atoms with Crippen LogP contribution in [-0.4, -0.2) is 18.5 Å². The van der Waals surface area contributed by atoms with Crippen LogP contribution in [-0.2, 0) is 4.79 Å². The molecular formula is C21H15Cl3N2O3S. The zero-order valence-electron chi connectivity index (χ0n) is 15.5. The van der Waals surface area contributed by atoms with Crippen molar-refractivity contribution in [3.8, 4) is 17.1 Å². The molecule has 1 atom stereocenters. The Morgan fingerprint density at radius 1 is 1.10 bits per heavy atom. The molecule has 0 radical (unpaired) electrons. The molecule has 2 aromatic carbocycles. The maximum Gasteiger partial charge on any atom is 0.260 e. The Hall–Kier alpha value is -2.25. The van der Waals surface area contributed by atoms with E-state index in [-0.39, 0.29) is 11.4 Å². The van der Waals surface area contributed by atoms with Crippen molar-refractivity contribution in [2.24, 2.45) is 0 Å². The summed E-state index contributed by atoms with van der Waals surface area (Å²) in [6.45, 7) is 0. The monoisotopic (exact) mass is 480 g/mol. The highest BCUT2D eigenvalue weighted by atomic mass is 35.5. The molecule has 0 saturated carbocycles. The van der Waals surface area contributed by atoms with Crippen LogP contribution in [0.3, 0.4) is 0 Å². The second kappa shape index (κ2) is 8.86. The number of nitrogens with one attached hydrogen (secondary N) is 2. The van der Waals surface area contributed by atoms with Crippen molar-refractivity contribution in [3.63, 3.8) is 0 Å². The highest BCUT2D eigenvalue weighted by Gasteiger charge is 2.28. The molecule has 1 aromatic heterocycles. The van der Waals surface area contributed by atoms with Gasteiger partial charge in [-0.15, -0.1) is 0 Å². The lowest BCUT2D eigenvalue weighted by molar-refractivity contribution is -0.116. The number of carbonyl (C=O) groups excluding carboxylic acids is 1. The number of methoxy groups -OCH3 is 1. The van der Waals surface area contributed by atoms with Crippen LogP contribution in [0, 0.1) is 0 Å². The number of anilines is 1. The Morgan fingerprint density at radius 2 is 1.87 bits per heavy atom. The van der Waals surface area contributed by atoms with Crippen LogP contribution < -0.4 is 15.4 Å². The van der Waals surface area contributed by atoms with Gasteiger partial charge in [-0.25, -0.2) is 0 Å². The zero-order chi connectivity index (χ0) is 21.3. The second-order valence-corrected chi connectivity index (χ2v) is 8.72. The first-order valence-electron chi connectivity index (χ1n) is 8.77. The van der Waals surface area contributed by atoms with E-state index in [1.807, 2.05) is 0 Å². The molecule has 1 saturated heterocycles. The van der Waals surface area contributed by atoms with Crippen molar-refractivity contribution < 1.29 is 13.9 Å². The average Bonchev–Trinajstić information content (AvgIpc) is 3.31. The number of halogens is 3. The van der Waals surface area contributed by atoms with Crippen LogP contribution in [0.5, 0.6) is 5.75 Å². The van der Waals surface area contributed by atoms with Gasteiger partial charge < -0.3 is 19.8 Å². The molecule has 9 heteroatoms. The van der Waals surface area contributed by atoms with Crippen LogP contribution in [0.4, 0.5) is 5.69 Å². The second-order valence-electron chi connectivity index (χ2n) is 6.30. The molecule has 30 heavy (non-hydrogen) atoms. The molecule has 154 valence electrons. The molecule has 0 aliphatic carbocycles. The summed E-state index contributed by atoms with van der Waals surface area (Å²) in [4.78, 5) is 12.9. The molecule has 1 aliphatic rings. The number of rotatable bonds is 5. The fraction of sp³-hybridized carbons (Fsp3) is 0.0952. The summed E-state index contributed by atoms with van der Waals surface area (Å²) in [5.74, 6) is 1.51. The number of carbonyl (C=O) groups is 1. The van der Waals surface area contributed by atoms with Gasteiger partial charge in [0.2, 0.25) is 0 Å². The third kappa shape index (κ3) is 4.57. The lowest BCUT2D eigenvalue weighted by Gasteiger charge is -2.15. The quantitative estimate of drug-likeness (QED) is 0.406. The first kappa shape index (κ1) is 21.0. The van der Waals surface area contributed by atoms with Crippen molar-refractivity contribution in [3.05, 3.63) is 74.3 Å². The van der Waals surface area contributed by atoms with Gasteiger partial charge in [-0.2, -0.15) is 0 Å². The van der Waals surface area contributed by atoms with Gasteiger partial charge >= 0.3 is 0 Å². The minimum Gasteiger partial charge on any atom is -0.495 e. The van der Waals surface area contributed by atoms with Crippen molar-refractivity contribution in [2.75, 3.05) is 12.4 Å². The first-order chi connectivity index (χ1) is 14.4. The Bertz CT molecular complexity index is 1150. The summed E-state index contributed by atoms with van der Waals surface area (Å²) in [6, 6.07) is 13.9. The molecule has 4 rings (SSSR count). The summed E-state index contributed by atoms with van der Waals surface area (Å²) >= 11 is 19.7. The first-order valence-corrected chi connectivity index (χ1v) is 10.8. The van der Waals surface area contributed by atoms with Gasteiger partial charge in [-0.05, 0) is 48.5 Å². The number of hydrogen-bond donors (Lipinski definition) is 2. The van der Waals surface area contributed by atoms with E-state index in [4.69, 9.17) is 44.0 Å². The topological polar surface area (TPSA) is 63.5 Å². The van der Waals surface area contributed by atoms with Crippen LogP contribution >= 0.6 is 46.6 Å². The van der Waals surface area contributed by atoms with Gasteiger partial charge in [0.1, 0.15) is 17.3 Å². The number of amides is 1. The van der Waals surface area contributed by atoms with Crippen LogP contribution in [0.25, 0.3) is 17.4 Å². The van der Waals surface area contributed by atoms with E-state index in [2.05, 4.69) is 10.6 Å². The Morgan fingerprint density at radius 3 is 2.67 bits per heavy atom. The summed E-state index contributed by atoms with van der Waals surface area (Å²) < 4.78 is 11.2.